The first-order valence-corrected chi connectivity index (χ1v) is 6.88. The van der Waals surface area contributed by atoms with Crippen LogP contribution in [0.25, 0.3) is 11.1 Å². The Morgan fingerprint density at radius 1 is 1.16 bits per heavy atom. The molecular weight excluding hydrogens is 256 g/mol. The number of benzene rings is 1. The Bertz CT molecular complexity index is 564. The third-order valence-electron chi connectivity index (χ3n) is 2.96. The van der Waals surface area contributed by atoms with Crippen molar-refractivity contribution < 1.29 is 0 Å². The van der Waals surface area contributed by atoms with Crippen molar-refractivity contribution in [3.63, 3.8) is 0 Å². The molecule has 19 heavy (non-hydrogen) atoms. The summed E-state index contributed by atoms with van der Waals surface area (Å²) in [5.74, 6) is 0. The van der Waals surface area contributed by atoms with Gasteiger partial charge in [0.15, 0.2) is 0 Å². The fourth-order valence-electron chi connectivity index (χ4n) is 1.90. The first-order chi connectivity index (χ1) is 9.06. The quantitative estimate of drug-likeness (QED) is 0.903. The molecule has 0 aliphatic heterocycles. The van der Waals surface area contributed by atoms with Crippen molar-refractivity contribution in [3.8, 4) is 11.1 Å². The molecular formula is C16H19ClN2. The molecule has 1 heterocycles. The van der Waals surface area contributed by atoms with Crippen LogP contribution >= 0.6 is 11.6 Å². The minimum atomic E-state index is 0.455. The van der Waals surface area contributed by atoms with E-state index in [4.69, 9.17) is 11.6 Å². The van der Waals surface area contributed by atoms with Gasteiger partial charge < -0.3 is 5.32 Å². The van der Waals surface area contributed by atoms with E-state index in [1.165, 1.54) is 0 Å². The summed E-state index contributed by atoms with van der Waals surface area (Å²) >= 11 is 6.34. The molecule has 0 saturated heterocycles. The van der Waals surface area contributed by atoms with Gasteiger partial charge in [-0.3, -0.25) is 4.98 Å². The monoisotopic (exact) mass is 274 g/mol. The van der Waals surface area contributed by atoms with Crippen molar-refractivity contribution in [2.75, 3.05) is 0 Å². The summed E-state index contributed by atoms with van der Waals surface area (Å²) in [6.07, 6.45) is 3.72. The molecule has 0 atom stereocenters. The molecule has 1 aromatic carbocycles. The Hall–Kier alpha value is -1.38. The molecule has 0 aliphatic rings. The average molecular weight is 275 g/mol. The van der Waals surface area contributed by atoms with Crippen molar-refractivity contribution in [2.24, 2.45) is 0 Å². The van der Waals surface area contributed by atoms with Gasteiger partial charge in [-0.05, 0) is 35.7 Å². The number of rotatable bonds is 4. The molecule has 1 N–H and O–H groups in total. The molecule has 0 unspecified atom stereocenters. The SMILES string of the molecule is Cc1cncc(-c2ccc(CNC(C)C)c(Cl)c2)c1. The Balaban J connectivity index is 2.23. The lowest BCUT2D eigenvalue weighted by atomic mass is 10.0. The fraction of sp³-hybridized carbons (Fsp3) is 0.312. The molecule has 3 heteroatoms. The van der Waals surface area contributed by atoms with Gasteiger partial charge in [-0.25, -0.2) is 0 Å². The van der Waals surface area contributed by atoms with Crippen LogP contribution in [-0.2, 0) is 6.54 Å². The fourth-order valence-corrected chi connectivity index (χ4v) is 2.14. The van der Waals surface area contributed by atoms with E-state index in [0.29, 0.717) is 6.04 Å². The van der Waals surface area contributed by atoms with Crippen molar-refractivity contribution in [3.05, 3.63) is 52.8 Å². The van der Waals surface area contributed by atoms with E-state index in [0.717, 1.165) is 33.8 Å². The van der Waals surface area contributed by atoms with Crippen LogP contribution in [-0.4, -0.2) is 11.0 Å². The second-order valence-electron chi connectivity index (χ2n) is 5.09. The minimum absolute atomic E-state index is 0.455. The van der Waals surface area contributed by atoms with Crippen LogP contribution in [0.15, 0.2) is 36.7 Å². The van der Waals surface area contributed by atoms with E-state index in [1.54, 1.807) is 0 Å². The van der Waals surface area contributed by atoms with Crippen molar-refractivity contribution >= 4 is 11.6 Å². The maximum Gasteiger partial charge on any atom is 0.0457 e. The number of hydrogen-bond acceptors (Lipinski definition) is 2. The third-order valence-corrected chi connectivity index (χ3v) is 3.31. The second-order valence-corrected chi connectivity index (χ2v) is 5.50. The van der Waals surface area contributed by atoms with Gasteiger partial charge in [0.25, 0.3) is 0 Å². The zero-order valence-electron chi connectivity index (χ0n) is 11.6. The highest BCUT2D eigenvalue weighted by Crippen LogP contribution is 2.25. The summed E-state index contributed by atoms with van der Waals surface area (Å²) in [5, 5.41) is 4.17. The van der Waals surface area contributed by atoms with E-state index in [-0.39, 0.29) is 0 Å². The molecule has 0 spiro atoms. The summed E-state index contributed by atoms with van der Waals surface area (Å²) in [7, 11) is 0. The third kappa shape index (κ3) is 3.79. The number of halogens is 1. The molecule has 1 aromatic heterocycles. The number of aromatic nitrogens is 1. The topological polar surface area (TPSA) is 24.9 Å². The molecule has 0 amide bonds. The van der Waals surface area contributed by atoms with E-state index < -0.39 is 0 Å². The highest BCUT2D eigenvalue weighted by atomic mass is 35.5. The summed E-state index contributed by atoms with van der Waals surface area (Å²) < 4.78 is 0. The predicted molar refractivity (Wildman–Crippen MR) is 81.4 cm³/mol. The van der Waals surface area contributed by atoms with Gasteiger partial charge in [-0.15, -0.1) is 0 Å². The largest absolute Gasteiger partial charge is 0.310 e. The highest BCUT2D eigenvalue weighted by Gasteiger charge is 2.05. The van der Waals surface area contributed by atoms with Crippen LogP contribution in [0, 0.1) is 6.92 Å². The molecule has 0 bridgehead atoms. The number of nitrogens with one attached hydrogen (secondary N) is 1. The zero-order valence-corrected chi connectivity index (χ0v) is 12.3. The van der Waals surface area contributed by atoms with E-state index in [9.17, 15) is 0 Å². The predicted octanol–water partition coefficient (Wildman–Crippen LogP) is 4.21. The Labute approximate surface area is 119 Å². The summed E-state index contributed by atoms with van der Waals surface area (Å²) in [6, 6.07) is 8.76. The Kier molecular flexibility index (Phi) is 4.56. The smallest absolute Gasteiger partial charge is 0.0457 e. The lowest BCUT2D eigenvalue weighted by Gasteiger charge is -2.11. The van der Waals surface area contributed by atoms with Gasteiger partial charge in [0.1, 0.15) is 0 Å². The van der Waals surface area contributed by atoms with Crippen LogP contribution in [0.4, 0.5) is 0 Å². The molecule has 0 aliphatic carbocycles. The normalized spacial score (nSPS) is 11.0. The van der Waals surface area contributed by atoms with Crippen LogP contribution in [0.3, 0.4) is 0 Å². The Morgan fingerprint density at radius 2 is 1.95 bits per heavy atom. The molecule has 2 aromatic rings. The molecule has 0 radical (unpaired) electrons. The van der Waals surface area contributed by atoms with Crippen molar-refractivity contribution in [1.82, 2.24) is 10.3 Å². The standard InChI is InChI=1S/C16H19ClN2/c1-11(2)19-10-14-5-4-13(7-16(14)17)15-6-12(3)8-18-9-15/h4-9,11,19H,10H2,1-3H3. The minimum Gasteiger partial charge on any atom is -0.310 e. The summed E-state index contributed by atoms with van der Waals surface area (Å²) in [5.41, 5.74) is 4.48. The van der Waals surface area contributed by atoms with E-state index >= 15 is 0 Å². The average Bonchev–Trinajstić information content (AvgIpc) is 2.37. The number of hydrogen-bond donors (Lipinski definition) is 1. The van der Waals surface area contributed by atoms with Crippen molar-refractivity contribution in [1.29, 1.82) is 0 Å². The van der Waals surface area contributed by atoms with Gasteiger partial charge in [0.2, 0.25) is 0 Å². The first-order valence-electron chi connectivity index (χ1n) is 6.50. The van der Waals surface area contributed by atoms with Crippen LogP contribution in [0.1, 0.15) is 25.0 Å². The van der Waals surface area contributed by atoms with Gasteiger partial charge in [0, 0.05) is 35.6 Å². The van der Waals surface area contributed by atoms with Crippen LogP contribution in [0.2, 0.25) is 5.02 Å². The molecule has 0 saturated carbocycles. The van der Waals surface area contributed by atoms with Crippen molar-refractivity contribution in [2.45, 2.75) is 33.4 Å². The second kappa shape index (κ2) is 6.18. The summed E-state index contributed by atoms with van der Waals surface area (Å²) in [6.45, 7) is 7.09. The van der Waals surface area contributed by atoms with Gasteiger partial charge in [-0.2, -0.15) is 0 Å². The number of nitrogens with zero attached hydrogens (tertiary/aromatic N) is 1. The van der Waals surface area contributed by atoms with E-state index in [1.807, 2.05) is 25.4 Å². The number of aryl methyl sites for hydroxylation is 1. The maximum absolute atomic E-state index is 6.34. The van der Waals surface area contributed by atoms with E-state index in [2.05, 4.69) is 42.3 Å². The molecule has 2 nitrogen and oxygen atoms in total. The lowest BCUT2D eigenvalue weighted by molar-refractivity contribution is 0.589. The highest BCUT2D eigenvalue weighted by molar-refractivity contribution is 6.31. The van der Waals surface area contributed by atoms with Gasteiger partial charge in [-0.1, -0.05) is 37.6 Å². The van der Waals surface area contributed by atoms with Crippen LogP contribution in [0.5, 0.6) is 0 Å². The Morgan fingerprint density at radius 3 is 2.58 bits per heavy atom. The zero-order chi connectivity index (χ0) is 13.8. The van der Waals surface area contributed by atoms with Gasteiger partial charge >= 0.3 is 0 Å². The maximum atomic E-state index is 6.34. The number of pyridine rings is 1. The first kappa shape index (κ1) is 14.0. The molecule has 2 rings (SSSR count). The van der Waals surface area contributed by atoms with Crippen LogP contribution < -0.4 is 5.32 Å². The lowest BCUT2D eigenvalue weighted by Crippen LogP contribution is -2.21. The molecule has 0 fully saturated rings. The van der Waals surface area contributed by atoms with Gasteiger partial charge in [0.05, 0.1) is 0 Å². The molecule has 100 valence electrons. The summed E-state index contributed by atoms with van der Waals surface area (Å²) in [4.78, 5) is 4.22.